The van der Waals surface area contributed by atoms with Crippen LogP contribution >= 0.6 is 23.2 Å². The zero-order valence-electron chi connectivity index (χ0n) is 21.3. The van der Waals surface area contributed by atoms with Gasteiger partial charge in [0.05, 0.1) is 12.2 Å². The molecule has 10 nitrogen and oxygen atoms in total. The Kier molecular flexibility index (Phi) is 8.06. The monoisotopic (exact) mass is 561 g/mol. The van der Waals surface area contributed by atoms with Crippen LogP contribution in [0.25, 0.3) is 11.2 Å². The van der Waals surface area contributed by atoms with Gasteiger partial charge in [0.1, 0.15) is 23.3 Å². The Bertz CT molecular complexity index is 1310. The number of piperidine rings is 1. The first kappa shape index (κ1) is 27.1. The Morgan fingerprint density at radius 3 is 2.74 bits per heavy atom. The number of rotatable bonds is 9. The molecule has 3 unspecified atom stereocenters. The standard InChI is InChI=1S/C26H33Cl2N7O3/c1-15(19-7-6-18(27)10-20(19)28)35-26-24(23(32-35)25(29)38)30-11-21(31-26)34-13-17(14-34)16-4-2-8-33(12-16)9-3-5-22(36)37/h6-7,10-11,15-17,25,38H,2-5,8-9,12-14,29H2,1H3,(H,36,37). The summed E-state index contributed by atoms with van der Waals surface area (Å²) >= 11 is 12.6. The number of fused-ring (bicyclic) bond motifs is 1. The van der Waals surface area contributed by atoms with Crippen LogP contribution in [0.4, 0.5) is 5.82 Å². The highest BCUT2D eigenvalue weighted by molar-refractivity contribution is 6.35. The number of halogens is 2. The molecule has 4 N–H and O–H groups in total. The van der Waals surface area contributed by atoms with Gasteiger partial charge in [-0.05, 0) is 68.8 Å². The molecule has 1 aromatic carbocycles. The van der Waals surface area contributed by atoms with Gasteiger partial charge in [0.25, 0.3) is 0 Å². The lowest BCUT2D eigenvalue weighted by Crippen LogP contribution is -2.54. The predicted octanol–water partition coefficient (Wildman–Crippen LogP) is 3.71. The van der Waals surface area contributed by atoms with Crippen molar-refractivity contribution in [2.24, 2.45) is 17.6 Å². The van der Waals surface area contributed by atoms with E-state index in [0.717, 1.165) is 50.5 Å². The Morgan fingerprint density at radius 2 is 2.03 bits per heavy atom. The molecule has 0 spiro atoms. The Balaban J connectivity index is 1.32. The molecule has 38 heavy (non-hydrogen) atoms. The lowest BCUT2D eigenvalue weighted by molar-refractivity contribution is -0.137. The summed E-state index contributed by atoms with van der Waals surface area (Å²) in [7, 11) is 0. The minimum Gasteiger partial charge on any atom is -0.481 e. The van der Waals surface area contributed by atoms with Crippen LogP contribution < -0.4 is 10.6 Å². The second kappa shape index (κ2) is 11.3. The van der Waals surface area contributed by atoms with E-state index in [4.69, 9.17) is 39.0 Å². The number of likely N-dealkylation sites (tertiary alicyclic amines) is 1. The van der Waals surface area contributed by atoms with Gasteiger partial charge < -0.3 is 25.7 Å². The summed E-state index contributed by atoms with van der Waals surface area (Å²) in [5, 5.41) is 24.7. The first-order chi connectivity index (χ1) is 18.2. The highest BCUT2D eigenvalue weighted by Crippen LogP contribution is 2.35. The summed E-state index contributed by atoms with van der Waals surface area (Å²) in [5.41, 5.74) is 7.88. The summed E-state index contributed by atoms with van der Waals surface area (Å²) in [6.45, 7) is 6.65. The van der Waals surface area contributed by atoms with Gasteiger partial charge >= 0.3 is 5.97 Å². The van der Waals surface area contributed by atoms with Gasteiger partial charge in [-0.15, -0.1) is 0 Å². The van der Waals surface area contributed by atoms with E-state index >= 15 is 0 Å². The van der Waals surface area contributed by atoms with E-state index in [1.54, 1.807) is 23.0 Å². The van der Waals surface area contributed by atoms with Crippen LogP contribution in [-0.2, 0) is 4.79 Å². The lowest BCUT2D eigenvalue weighted by atomic mass is 9.80. The van der Waals surface area contributed by atoms with Crippen molar-refractivity contribution in [3.05, 3.63) is 45.7 Å². The zero-order chi connectivity index (χ0) is 27.0. The number of aromatic nitrogens is 4. The van der Waals surface area contributed by atoms with Gasteiger partial charge in [-0.25, -0.2) is 14.6 Å². The van der Waals surface area contributed by atoms with Crippen molar-refractivity contribution in [2.45, 2.75) is 44.9 Å². The molecular weight excluding hydrogens is 529 g/mol. The van der Waals surface area contributed by atoms with E-state index < -0.39 is 12.2 Å². The van der Waals surface area contributed by atoms with Crippen LogP contribution in [0.15, 0.2) is 24.4 Å². The third-order valence-electron chi connectivity index (χ3n) is 7.78. The average Bonchev–Trinajstić information content (AvgIpc) is 3.22. The number of carboxylic acids is 1. The van der Waals surface area contributed by atoms with Gasteiger partial charge in [-0.3, -0.25) is 4.79 Å². The molecule has 12 heteroatoms. The number of nitrogens with two attached hydrogens (primary N) is 1. The molecule has 0 saturated carbocycles. The maximum absolute atomic E-state index is 10.8. The molecule has 5 rings (SSSR count). The van der Waals surface area contributed by atoms with Crippen molar-refractivity contribution in [1.29, 1.82) is 0 Å². The minimum absolute atomic E-state index is 0.224. The second-order valence-electron chi connectivity index (χ2n) is 10.4. The molecule has 2 aliphatic heterocycles. The van der Waals surface area contributed by atoms with Crippen molar-refractivity contribution in [3.63, 3.8) is 0 Å². The van der Waals surface area contributed by atoms with Crippen molar-refractivity contribution < 1.29 is 15.0 Å². The van der Waals surface area contributed by atoms with E-state index in [2.05, 4.69) is 19.9 Å². The van der Waals surface area contributed by atoms with Gasteiger partial charge in [-0.1, -0.05) is 29.3 Å². The molecule has 2 aromatic heterocycles. The van der Waals surface area contributed by atoms with Crippen LogP contribution in [0.5, 0.6) is 0 Å². The van der Waals surface area contributed by atoms with E-state index in [1.807, 2.05) is 13.0 Å². The number of aliphatic hydroxyl groups is 1. The van der Waals surface area contributed by atoms with E-state index in [0.29, 0.717) is 39.5 Å². The number of carbonyl (C=O) groups is 1. The van der Waals surface area contributed by atoms with Gasteiger partial charge in [0.15, 0.2) is 5.65 Å². The molecule has 0 radical (unpaired) electrons. The van der Waals surface area contributed by atoms with Crippen molar-refractivity contribution >= 4 is 46.2 Å². The van der Waals surface area contributed by atoms with Crippen molar-refractivity contribution in [1.82, 2.24) is 24.6 Å². The first-order valence-electron chi connectivity index (χ1n) is 13.0. The molecule has 4 heterocycles. The second-order valence-corrected chi connectivity index (χ2v) is 11.2. The highest BCUT2D eigenvalue weighted by Gasteiger charge is 2.37. The Labute approximate surface area is 231 Å². The van der Waals surface area contributed by atoms with Crippen LogP contribution in [0.2, 0.25) is 10.0 Å². The van der Waals surface area contributed by atoms with Crippen molar-refractivity contribution in [3.8, 4) is 0 Å². The van der Waals surface area contributed by atoms with Crippen LogP contribution in [0, 0.1) is 11.8 Å². The maximum Gasteiger partial charge on any atom is 0.303 e. The summed E-state index contributed by atoms with van der Waals surface area (Å²) in [6, 6.07) is 5.03. The molecule has 2 aliphatic rings. The van der Waals surface area contributed by atoms with E-state index in [1.165, 1.54) is 6.42 Å². The summed E-state index contributed by atoms with van der Waals surface area (Å²) in [4.78, 5) is 25.0. The smallest absolute Gasteiger partial charge is 0.303 e. The molecule has 3 aromatic rings. The van der Waals surface area contributed by atoms with E-state index in [9.17, 15) is 9.90 Å². The molecule has 0 aliphatic carbocycles. The summed E-state index contributed by atoms with van der Waals surface area (Å²) in [5.74, 6) is 1.19. The molecule has 2 saturated heterocycles. The number of aliphatic hydroxyl groups excluding tert-OH is 1. The maximum atomic E-state index is 10.8. The molecule has 3 atom stereocenters. The van der Waals surface area contributed by atoms with Gasteiger partial charge in [-0.2, -0.15) is 5.10 Å². The number of aliphatic carboxylic acids is 1. The van der Waals surface area contributed by atoms with Gasteiger partial charge in [0.2, 0.25) is 0 Å². The fourth-order valence-corrected chi connectivity index (χ4v) is 6.21. The predicted molar refractivity (Wildman–Crippen MR) is 146 cm³/mol. The third kappa shape index (κ3) is 5.60. The van der Waals surface area contributed by atoms with E-state index in [-0.39, 0.29) is 18.2 Å². The molecule has 0 amide bonds. The third-order valence-corrected chi connectivity index (χ3v) is 8.35. The zero-order valence-corrected chi connectivity index (χ0v) is 22.8. The Hall–Kier alpha value is -2.50. The number of hydrogen-bond acceptors (Lipinski definition) is 8. The summed E-state index contributed by atoms with van der Waals surface area (Å²) < 4.78 is 1.71. The molecule has 0 bridgehead atoms. The van der Waals surface area contributed by atoms with Crippen LogP contribution in [0.1, 0.15) is 56.1 Å². The van der Waals surface area contributed by atoms with Crippen LogP contribution in [0.3, 0.4) is 0 Å². The summed E-state index contributed by atoms with van der Waals surface area (Å²) in [6.07, 6.45) is 3.69. The largest absolute Gasteiger partial charge is 0.481 e. The highest BCUT2D eigenvalue weighted by atomic mass is 35.5. The topological polar surface area (TPSA) is 134 Å². The van der Waals surface area contributed by atoms with Crippen molar-refractivity contribution in [2.75, 3.05) is 37.6 Å². The molecule has 2 fully saturated rings. The Morgan fingerprint density at radius 1 is 1.24 bits per heavy atom. The van der Waals surface area contributed by atoms with Crippen LogP contribution in [-0.4, -0.2) is 73.6 Å². The SMILES string of the molecule is CC(c1ccc(Cl)cc1Cl)n1nc(C(N)O)c2ncc(N3CC(C4CCCN(CCCC(=O)O)C4)C3)nc21. The number of anilines is 1. The van der Waals surface area contributed by atoms with Gasteiger partial charge in [0, 0.05) is 36.1 Å². The normalized spacial score (nSPS) is 20.4. The number of hydrogen-bond donors (Lipinski definition) is 3. The quantitative estimate of drug-likeness (QED) is 0.334. The number of benzene rings is 1. The number of nitrogens with zero attached hydrogens (tertiary/aromatic N) is 6. The number of carboxylic acid groups (broad SMARTS) is 1. The minimum atomic E-state index is -1.29. The first-order valence-corrected chi connectivity index (χ1v) is 13.8. The molecule has 204 valence electrons. The molecular formula is C26H33Cl2N7O3. The lowest BCUT2D eigenvalue weighted by Gasteiger charge is -2.47. The fraction of sp³-hybridized carbons (Fsp3) is 0.538. The average molecular weight is 563 g/mol. The fourth-order valence-electron chi connectivity index (χ4n) is 5.65.